The second kappa shape index (κ2) is 5.12. The highest BCUT2D eigenvalue weighted by molar-refractivity contribution is 5.71. The fourth-order valence-electron chi connectivity index (χ4n) is 1.99. The maximum atomic E-state index is 14.2. The molecule has 1 aliphatic carbocycles. The lowest BCUT2D eigenvalue weighted by molar-refractivity contribution is -0.141. The van der Waals surface area contributed by atoms with E-state index in [9.17, 15) is 14.0 Å². The average molecular weight is 261 g/mol. The second-order valence-electron chi connectivity index (χ2n) is 5.78. The van der Waals surface area contributed by atoms with Crippen LogP contribution in [-0.2, 0) is 9.53 Å². The summed E-state index contributed by atoms with van der Waals surface area (Å²) < 4.78 is 19.2. The molecule has 1 aliphatic rings. The molecule has 1 amide bonds. The van der Waals surface area contributed by atoms with Crippen molar-refractivity contribution in [2.45, 2.75) is 51.3 Å². The number of carboxylic acids is 1. The third-order valence-electron chi connectivity index (χ3n) is 2.85. The molecule has 18 heavy (non-hydrogen) atoms. The molecule has 1 saturated carbocycles. The van der Waals surface area contributed by atoms with Crippen molar-refractivity contribution in [2.75, 3.05) is 6.54 Å². The molecule has 104 valence electrons. The molecule has 1 fully saturated rings. The molecule has 0 radical (unpaired) electrons. The Bertz CT molecular complexity index is 339. The molecule has 2 N–H and O–H groups in total. The van der Waals surface area contributed by atoms with Crippen LogP contribution in [0.5, 0.6) is 0 Å². The summed E-state index contributed by atoms with van der Waals surface area (Å²) in [5.41, 5.74) is -2.27. The topological polar surface area (TPSA) is 75.6 Å². The van der Waals surface area contributed by atoms with Crippen molar-refractivity contribution >= 4 is 12.1 Å². The van der Waals surface area contributed by atoms with Gasteiger partial charge in [-0.2, -0.15) is 0 Å². The van der Waals surface area contributed by atoms with Gasteiger partial charge in [0.1, 0.15) is 11.3 Å². The fourth-order valence-corrected chi connectivity index (χ4v) is 1.99. The van der Waals surface area contributed by atoms with Crippen LogP contribution < -0.4 is 5.32 Å². The summed E-state index contributed by atoms with van der Waals surface area (Å²) >= 11 is 0. The van der Waals surface area contributed by atoms with Gasteiger partial charge in [0.05, 0.1) is 12.5 Å². The molecule has 6 heteroatoms. The van der Waals surface area contributed by atoms with Gasteiger partial charge in [-0.3, -0.25) is 4.79 Å². The van der Waals surface area contributed by atoms with Crippen molar-refractivity contribution in [3.63, 3.8) is 0 Å². The van der Waals surface area contributed by atoms with Crippen LogP contribution in [0.1, 0.15) is 40.0 Å². The van der Waals surface area contributed by atoms with E-state index in [2.05, 4.69) is 5.32 Å². The number of rotatable bonds is 3. The van der Waals surface area contributed by atoms with Gasteiger partial charge in [-0.05, 0) is 40.0 Å². The Labute approximate surface area is 106 Å². The lowest BCUT2D eigenvalue weighted by Gasteiger charge is -2.23. The van der Waals surface area contributed by atoms with Crippen LogP contribution in [-0.4, -0.2) is 35.0 Å². The summed E-state index contributed by atoms with van der Waals surface area (Å²) in [7, 11) is 0. The minimum Gasteiger partial charge on any atom is -0.481 e. The predicted octanol–water partition coefficient (Wildman–Crippen LogP) is 2.10. The van der Waals surface area contributed by atoms with Gasteiger partial charge in [0.25, 0.3) is 0 Å². The maximum absolute atomic E-state index is 14.2. The van der Waals surface area contributed by atoms with E-state index in [1.807, 2.05) is 0 Å². The van der Waals surface area contributed by atoms with Gasteiger partial charge in [0.2, 0.25) is 0 Å². The molecule has 5 nitrogen and oxygen atoms in total. The highest BCUT2D eigenvalue weighted by Crippen LogP contribution is 2.37. The number of halogens is 1. The predicted molar refractivity (Wildman–Crippen MR) is 63.1 cm³/mol. The molecule has 0 aliphatic heterocycles. The lowest BCUT2D eigenvalue weighted by Crippen LogP contribution is -2.41. The van der Waals surface area contributed by atoms with Gasteiger partial charge in [0, 0.05) is 0 Å². The third-order valence-corrected chi connectivity index (χ3v) is 2.85. The first-order valence-corrected chi connectivity index (χ1v) is 6.00. The quantitative estimate of drug-likeness (QED) is 0.815. The Hall–Kier alpha value is -1.33. The monoisotopic (exact) mass is 261 g/mol. The molecule has 0 saturated heterocycles. The molecule has 0 spiro atoms. The zero-order valence-electron chi connectivity index (χ0n) is 11.0. The Morgan fingerprint density at radius 3 is 2.56 bits per heavy atom. The van der Waals surface area contributed by atoms with E-state index in [0.717, 1.165) is 0 Å². The van der Waals surface area contributed by atoms with Crippen molar-refractivity contribution in [1.29, 1.82) is 0 Å². The van der Waals surface area contributed by atoms with Crippen LogP contribution in [0, 0.1) is 5.92 Å². The standard InChI is InChI=1S/C12H20FNO4/c1-11(2,3)18-10(17)14-7-12(13)5-4-8(6-12)9(15)16/h8H,4-7H2,1-3H3,(H,14,17)(H,15,16)/t8-,12+/m1/s1. The van der Waals surface area contributed by atoms with Crippen LogP contribution in [0.3, 0.4) is 0 Å². The molecular weight excluding hydrogens is 241 g/mol. The van der Waals surface area contributed by atoms with Crippen molar-refractivity contribution in [1.82, 2.24) is 5.32 Å². The number of hydrogen-bond donors (Lipinski definition) is 2. The van der Waals surface area contributed by atoms with Crippen LogP contribution in [0.25, 0.3) is 0 Å². The van der Waals surface area contributed by atoms with Gasteiger partial charge >= 0.3 is 12.1 Å². The molecule has 0 aromatic rings. The first kappa shape index (κ1) is 14.7. The summed E-state index contributed by atoms with van der Waals surface area (Å²) in [6.45, 7) is 4.95. The summed E-state index contributed by atoms with van der Waals surface area (Å²) in [6.07, 6.45) is -0.280. The zero-order chi connectivity index (χ0) is 14.0. The number of alkyl halides is 1. The Balaban J connectivity index is 2.40. The van der Waals surface area contributed by atoms with Gasteiger partial charge in [-0.15, -0.1) is 0 Å². The number of carboxylic acid groups (broad SMARTS) is 1. The summed E-state index contributed by atoms with van der Waals surface area (Å²) in [4.78, 5) is 22.1. The Morgan fingerprint density at radius 2 is 2.11 bits per heavy atom. The third kappa shape index (κ3) is 4.50. The maximum Gasteiger partial charge on any atom is 0.407 e. The number of carbonyl (C=O) groups excluding carboxylic acids is 1. The molecule has 0 bridgehead atoms. The number of carbonyl (C=O) groups is 2. The van der Waals surface area contributed by atoms with E-state index in [1.165, 1.54) is 0 Å². The SMILES string of the molecule is CC(C)(C)OC(=O)NC[C@]1(F)CC[C@@H](C(=O)O)C1. The molecule has 1 rings (SSSR count). The van der Waals surface area contributed by atoms with Crippen molar-refractivity contribution in [2.24, 2.45) is 5.92 Å². The minimum atomic E-state index is -1.64. The highest BCUT2D eigenvalue weighted by Gasteiger charge is 2.42. The van der Waals surface area contributed by atoms with Crippen LogP contribution in [0.2, 0.25) is 0 Å². The smallest absolute Gasteiger partial charge is 0.407 e. The van der Waals surface area contributed by atoms with E-state index < -0.39 is 29.3 Å². The van der Waals surface area contributed by atoms with Crippen molar-refractivity contribution < 1.29 is 23.8 Å². The lowest BCUT2D eigenvalue weighted by atomic mass is 10.0. The van der Waals surface area contributed by atoms with E-state index in [1.54, 1.807) is 20.8 Å². The number of alkyl carbamates (subject to hydrolysis) is 1. The molecule has 2 atom stereocenters. The van der Waals surface area contributed by atoms with Gasteiger partial charge < -0.3 is 15.2 Å². The van der Waals surface area contributed by atoms with Crippen molar-refractivity contribution in [3.05, 3.63) is 0 Å². The molecule has 0 heterocycles. The molecule has 0 unspecified atom stereocenters. The normalized spacial score (nSPS) is 27.9. The largest absolute Gasteiger partial charge is 0.481 e. The first-order valence-electron chi connectivity index (χ1n) is 6.00. The number of amides is 1. The van der Waals surface area contributed by atoms with Crippen LogP contribution in [0.15, 0.2) is 0 Å². The Kier molecular flexibility index (Phi) is 4.19. The van der Waals surface area contributed by atoms with E-state index >= 15 is 0 Å². The molecule has 0 aromatic heterocycles. The number of aliphatic carboxylic acids is 1. The summed E-state index contributed by atoms with van der Waals surface area (Å²) in [5.74, 6) is -1.64. The molecule has 0 aromatic carbocycles. The van der Waals surface area contributed by atoms with Gasteiger partial charge in [-0.1, -0.05) is 0 Å². The molecular formula is C12H20FNO4. The summed E-state index contributed by atoms with van der Waals surface area (Å²) in [6, 6.07) is 0. The number of hydrogen-bond acceptors (Lipinski definition) is 3. The average Bonchev–Trinajstić information content (AvgIpc) is 2.56. The zero-order valence-corrected chi connectivity index (χ0v) is 11.0. The van der Waals surface area contributed by atoms with Crippen LogP contribution >= 0.6 is 0 Å². The fraction of sp³-hybridized carbons (Fsp3) is 0.833. The van der Waals surface area contributed by atoms with E-state index in [4.69, 9.17) is 9.84 Å². The highest BCUT2D eigenvalue weighted by atomic mass is 19.1. The minimum absolute atomic E-state index is 0.0574. The number of ether oxygens (including phenoxy) is 1. The van der Waals surface area contributed by atoms with Crippen LogP contribution in [0.4, 0.5) is 9.18 Å². The van der Waals surface area contributed by atoms with Gasteiger partial charge in [-0.25, -0.2) is 9.18 Å². The van der Waals surface area contributed by atoms with Crippen molar-refractivity contribution in [3.8, 4) is 0 Å². The first-order chi connectivity index (χ1) is 8.11. The van der Waals surface area contributed by atoms with E-state index in [-0.39, 0.29) is 19.4 Å². The summed E-state index contributed by atoms with van der Waals surface area (Å²) in [5, 5.41) is 11.1. The van der Waals surface area contributed by atoms with Gasteiger partial charge in [0.15, 0.2) is 0 Å². The Morgan fingerprint density at radius 1 is 1.50 bits per heavy atom. The van der Waals surface area contributed by atoms with E-state index in [0.29, 0.717) is 6.42 Å². The second-order valence-corrected chi connectivity index (χ2v) is 5.78. The number of nitrogens with one attached hydrogen (secondary N) is 1.